The van der Waals surface area contributed by atoms with Crippen LogP contribution >= 0.6 is 0 Å². The average molecular weight is 272 g/mol. The zero-order valence-electron chi connectivity index (χ0n) is 10.8. The van der Waals surface area contributed by atoms with Gasteiger partial charge in [0.05, 0.1) is 17.2 Å². The van der Waals surface area contributed by atoms with Gasteiger partial charge < -0.3 is 10.6 Å². The minimum absolute atomic E-state index is 0.0607. The van der Waals surface area contributed by atoms with Crippen LogP contribution in [0.5, 0.6) is 0 Å². The lowest BCUT2D eigenvalue weighted by Gasteiger charge is -2.23. The van der Waals surface area contributed by atoms with Crippen LogP contribution in [-0.2, 0) is 16.9 Å². The molecule has 18 heavy (non-hydrogen) atoms. The van der Waals surface area contributed by atoms with E-state index in [9.17, 15) is 8.42 Å². The summed E-state index contributed by atoms with van der Waals surface area (Å²) >= 11 is 0. The van der Waals surface area contributed by atoms with E-state index in [-0.39, 0.29) is 17.5 Å². The molecule has 0 bridgehead atoms. The molecule has 0 aliphatic carbocycles. The molecule has 1 aliphatic heterocycles. The Balaban J connectivity index is 1.80. The third-order valence-corrected chi connectivity index (χ3v) is 4.84. The Bertz CT molecular complexity index is 509. The molecule has 1 saturated heterocycles. The normalized spacial score (nSPS) is 22.9. The second kappa shape index (κ2) is 5.27. The van der Waals surface area contributed by atoms with E-state index in [2.05, 4.69) is 15.7 Å². The largest absolute Gasteiger partial charge is 0.370 e. The lowest BCUT2D eigenvalue weighted by atomic mass is 10.2. The van der Waals surface area contributed by atoms with Crippen LogP contribution < -0.4 is 10.6 Å². The van der Waals surface area contributed by atoms with E-state index in [0.717, 1.165) is 24.5 Å². The number of hydrogen-bond donors (Lipinski definition) is 2. The maximum Gasteiger partial charge on any atom is 0.153 e. The van der Waals surface area contributed by atoms with Crippen LogP contribution in [0.25, 0.3) is 0 Å². The highest BCUT2D eigenvalue weighted by Crippen LogP contribution is 2.09. The van der Waals surface area contributed by atoms with Crippen molar-refractivity contribution >= 4 is 15.7 Å². The fraction of sp³-hybridized carbons (Fsp3) is 0.727. The summed E-state index contributed by atoms with van der Waals surface area (Å²) in [6, 6.07) is 2.04. The Morgan fingerprint density at radius 3 is 3.00 bits per heavy atom. The molecule has 102 valence electrons. The summed E-state index contributed by atoms with van der Waals surface area (Å²) < 4.78 is 24.7. The highest BCUT2D eigenvalue weighted by molar-refractivity contribution is 7.91. The van der Waals surface area contributed by atoms with Crippen LogP contribution in [-0.4, -0.2) is 48.8 Å². The van der Waals surface area contributed by atoms with E-state index in [4.69, 9.17) is 0 Å². The predicted octanol–water partition coefficient (Wildman–Crippen LogP) is -0.0829. The number of nitrogens with one attached hydrogen (secondary N) is 2. The van der Waals surface area contributed by atoms with Crippen LogP contribution in [0.2, 0.25) is 0 Å². The number of sulfone groups is 1. The van der Waals surface area contributed by atoms with Gasteiger partial charge in [0.2, 0.25) is 0 Å². The SMILES string of the molecule is Cc1cc(NCCC2CS(=O)(=O)CCN2)n(C)n1. The van der Waals surface area contributed by atoms with Gasteiger partial charge in [-0.05, 0) is 13.3 Å². The Labute approximate surface area is 108 Å². The van der Waals surface area contributed by atoms with Gasteiger partial charge in [0.1, 0.15) is 5.82 Å². The molecule has 2 N–H and O–H groups in total. The van der Waals surface area contributed by atoms with E-state index in [0.29, 0.717) is 6.54 Å². The van der Waals surface area contributed by atoms with E-state index in [1.54, 1.807) is 4.68 Å². The maximum absolute atomic E-state index is 11.5. The Morgan fingerprint density at radius 1 is 1.61 bits per heavy atom. The monoisotopic (exact) mass is 272 g/mol. The third-order valence-electron chi connectivity index (χ3n) is 3.10. The summed E-state index contributed by atoms with van der Waals surface area (Å²) in [5, 5.41) is 10.8. The van der Waals surface area contributed by atoms with Gasteiger partial charge in [0.25, 0.3) is 0 Å². The zero-order valence-corrected chi connectivity index (χ0v) is 11.6. The molecule has 0 saturated carbocycles. The molecule has 0 aromatic carbocycles. The molecule has 0 amide bonds. The summed E-state index contributed by atoms with van der Waals surface area (Å²) in [4.78, 5) is 0. The molecule has 1 atom stereocenters. The van der Waals surface area contributed by atoms with Crippen molar-refractivity contribution in [3.05, 3.63) is 11.8 Å². The predicted molar refractivity (Wildman–Crippen MR) is 71.5 cm³/mol. The van der Waals surface area contributed by atoms with Crippen molar-refractivity contribution in [2.24, 2.45) is 7.05 Å². The third kappa shape index (κ3) is 3.46. The summed E-state index contributed by atoms with van der Waals surface area (Å²) in [5.74, 6) is 1.47. The van der Waals surface area contributed by atoms with Crippen LogP contribution in [0.3, 0.4) is 0 Å². The molecular formula is C11H20N4O2S. The van der Waals surface area contributed by atoms with Gasteiger partial charge in [-0.3, -0.25) is 4.68 Å². The molecule has 1 aromatic heterocycles. The number of hydrogen-bond acceptors (Lipinski definition) is 5. The minimum Gasteiger partial charge on any atom is -0.370 e. The van der Waals surface area contributed by atoms with Crippen LogP contribution in [0, 0.1) is 6.92 Å². The Hall–Kier alpha value is -1.08. The molecule has 2 rings (SSSR count). The molecule has 6 nitrogen and oxygen atoms in total. The summed E-state index contributed by atoms with van der Waals surface area (Å²) in [7, 11) is -0.951. The van der Waals surface area contributed by atoms with E-state index in [1.807, 2.05) is 20.0 Å². The van der Waals surface area contributed by atoms with Gasteiger partial charge in [-0.25, -0.2) is 8.42 Å². The first-order valence-corrected chi connectivity index (χ1v) is 7.97. The van der Waals surface area contributed by atoms with Crippen LogP contribution in [0.1, 0.15) is 12.1 Å². The van der Waals surface area contributed by atoms with Crippen molar-refractivity contribution in [3.8, 4) is 0 Å². The average Bonchev–Trinajstić information content (AvgIpc) is 2.56. The lowest BCUT2D eigenvalue weighted by molar-refractivity contribution is 0.502. The van der Waals surface area contributed by atoms with Crippen LogP contribution in [0.4, 0.5) is 5.82 Å². The highest BCUT2D eigenvalue weighted by atomic mass is 32.2. The summed E-state index contributed by atoms with van der Waals surface area (Å²) in [6.07, 6.45) is 0.795. The second-order valence-corrected chi connectivity index (χ2v) is 7.00. The van der Waals surface area contributed by atoms with E-state index in [1.165, 1.54) is 0 Å². The van der Waals surface area contributed by atoms with E-state index >= 15 is 0 Å². The molecule has 1 aliphatic rings. The fourth-order valence-corrected chi connectivity index (χ4v) is 3.70. The van der Waals surface area contributed by atoms with Gasteiger partial charge >= 0.3 is 0 Å². The summed E-state index contributed by atoms with van der Waals surface area (Å²) in [6.45, 7) is 3.25. The van der Waals surface area contributed by atoms with Crippen molar-refractivity contribution < 1.29 is 8.42 Å². The summed E-state index contributed by atoms with van der Waals surface area (Å²) in [5.41, 5.74) is 0.971. The smallest absolute Gasteiger partial charge is 0.153 e. The van der Waals surface area contributed by atoms with Crippen molar-refractivity contribution in [1.82, 2.24) is 15.1 Å². The molecular weight excluding hydrogens is 252 g/mol. The van der Waals surface area contributed by atoms with Gasteiger partial charge in [-0.15, -0.1) is 0 Å². The fourth-order valence-electron chi connectivity index (χ4n) is 2.20. The van der Waals surface area contributed by atoms with Crippen LogP contribution in [0.15, 0.2) is 6.07 Å². The van der Waals surface area contributed by atoms with Crippen molar-refractivity contribution in [2.45, 2.75) is 19.4 Å². The standard InChI is InChI=1S/C11H20N4O2S/c1-9-7-11(15(2)14-9)13-4-3-10-8-18(16,17)6-5-12-10/h7,10,12-13H,3-6,8H2,1-2H3. The Morgan fingerprint density at radius 2 is 2.39 bits per heavy atom. The first-order valence-electron chi connectivity index (χ1n) is 6.14. The number of aryl methyl sites for hydroxylation is 2. The Kier molecular flexibility index (Phi) is 3.91. The molecule has 2 heterocycles. The molecule has 1 unspecified atom stereocenters. The second-order valence-electron chi connectivity index (χ2n) is 4.78. The molecule has 7 heteroatoms. The number of rotatable bonds is 4. The van der Waals surface area contributed by atoms with Gasteiger partial charge in [-0.1, -0.05) is 0 Å². The zero-order chi connectivity index (χ0) is 13.2. The van der Waals surface area contributed by atoms with Crippen molar-refractivity contribution in [3.63, 3.8) is 0 Å². The molecule has 0 spiro atoms. The van der Waals surface area contributed by atoms with Crippen molar-refractivity contribution in [1.29, 1.82) is 0 Å². The maximum atomic E-state index is 11.5. The highest BCUT2D eigenvalue weighted by Gasteiger charge is 2.23. The van der Waals surface area contributed by atoms with Gasteiger partial charge in [-0.2, -0.15) is 5.10 Å². The van der Waals surface area contributed by atoms with Crippen molar-refractivity contribution in [2.75, 3.05) is 29.9 Å². The number of anilines is 1. The number of aromatic nitrogens is 2. The number of nitrogens with zero attached hydrogens (tertiary/aromatic N) is 2. The van der Waals surface area contributed by atoms with Gasteiger partial charge in [0, 0.05) is 32.2 Å². The molecule has 1 aromatic rings. The lowest BCUT2D eigenvalue weighted by Crippen LogP contribution is -2.45. The first kappa shape index (κ1) is 13.4. The molecule has 1 fully saturated rings. The topological polar surface area (TPSA) is 76.0 Å². The van der Waals surface area contributed by atoms with E-state index < -0.39 is 9.84 Å². The molecule has 0 radical (unpaired) electrons. The quantitative estimate of drug-likeness (QED) is 0.801. The minimum atomic E-state index is -2.84. The first-order chi connectivity index (χ1) is 8.46. The van der Waals surface area contributed by atoms with Gasteiger partial charge in [0.15, 0.2) is 9.84 Å².